The quantitative estimate of drug-likeness (QED) is 0.555. The van der Waals surface area contributed by atoms with Crippen molar-refractivity contribution in [2.75, 3.05) is 18.1 Å². The predicted molar refractivity (Wildman–Crippen MR) is 113 cm³/mol. The average molecular weight is 415 g/mol. The van der Waals surface area contributed by atoms with E-state index in [2.05, 4.69) is 22.5 Å². The molecule has 1 saturated heterocycles. The van der Waals surface area contributed by atoms with E-state index in [1.165, 1.54) is 6.92 Å². The van der Waals surface area contributed by atoms with E-state index >= 15 is 0 Å². The van der Waals surface area contributed by atoms with Gasteiger partial charge in [0.2, 0.25) is 5.91 Å². The molecule has 4 rings (SSSR count). The molecule has 1 aliphatic rings. The largest absolute Gasteiger partial charge is 0.338 e. The summed E-state index contributed by atoms with van der Waals surface area (Å²) in [6.45, 7) is 5.01. The standard InChI is InChI=1S/C21H26N4O3S/c1-3-20-23-19-12-22-18-9-5-4-8-17(18)21(19)25(20)11-7-6-10-24(15(2)26)16-13-29(27,28)14-16/h4-5,8-9,12,16H,3,6-7,10-11,13-14H2,1-2H3. The Morgan fingerprint density at radius 2 is 1.97 bits per heavy atom. The van der Waals surface area contributed by atoms with Crippen LogP contribution in [-0.2, 0) is 27.6 Å². The van der Waals surface area contributed by atoms with Crippen molar-refractivity contribution >= 4 is 37.7 Å². The Bertz CT molecular complexity index is 1160. The van der Waals surface area contributed by atoms with E-state index in [1.54, 1.807) is 4.90 Å². The van der Waals surface area contributed by atoms with Crippen LogP contribution in [0.3, 0.4) is 0 Å². The van der Waals surface area contributed by atoms with E-state index < -0.39 is 9.84 Å². The molecule has 0 spiro atoms. The van der Waals surface area contributed by atoms with Crippen LogP contribution in [0.15, 0.2) is 30.5 Å². The fourth-order valence-corrected chi connectivity index (χ4v) is 5.62. The molecule has 0 saturated carbocycles. The Morgan fingerprint density at radius 3 is 2.66 bits per heavy atom. The van der Waals surface area contributed by atoms with Crippen LogP contribution in [0, 0.1) is 0 Å². The molecule has 0 unspecified atom stereocenters. The molecule has 29 heavy (non-hydrogen) atoms. The van der Waals surface area contributed by atoms with Crippen LogP contribution in [-0.4, -0.2) is 57.9 Å². The minimum absolute atomic E-state index is 0.0516. The maximum atomic E-state index is 11.9. The lowest BCUT2D eigenvalue weighted by Crippen LogP contribution is -2.55. The first-order chi connectivity index (χ1) is 13.9. The van der Waals surface area contributed by atoms with Crippen LogP contribution in [0.1, 0.15) is 32.5 Å². The van der Waals surface area contributed by atoms with E-state index in [-0.39, 0.29) is 23.5 Å². The number of aryl methyl sites for hydroxylation is 2. The monoisotopic (exact) mass is 414 g/mol. The SMILES string of the molecule is CCc1nc2cnc3ccccc3c2n1CCCCN(C(C)=O)C1CS(=O)(=O)C1. The van der Waals surface area contributed by atoms with Crippen molar-refractivity contribution in [2.45, 2.75) is 45.7 Å². The number of carbonyl (C=O) groups is 1. The number of sulfone groups is 1. The molecule has 2 aromatic heterocycles. The Kier molecular flexibility index (Phi) is 5.29. The minimum Gasteiger partial charge on any atom is -0.338 e. The zero-order valence-corrected chi connectivity index (χ0v) is 17.7. The fraction of sp³-hybridized carbons (Fsp3) is 0.476. The van der Waals surface area contributed by atoms with Crippen molar-refractivity contribution in [3.8, 4) is 0 Å². The van der Waals surface area contributed by atoms with Gasteiger partial charge in [0.05, 0.1) is 34.8 Å². The summed E-state index contributed by atoms with van der Waals surface area (Å²) in [7, 11) is -2.94. The van der Waals surface area contributed by atoms with Crippen molar-refractivity contribution in [1.29, 1.82) is 0 Å². The second kappa shape index (κ2) is 7.74. The molecule has 1 fully saturated rings. The van der Waals surface area contributed by atoms with Gasteiger partial charge >= 0.3 is 0 Å². The molecule has 0 atom stereocenters. The number of imidazole rings is 1. The molecule has 154 valence electrons. The zero-order chi connectivity index (χ0) is 20.6. The molecule has 3 aromatic rings. The van der Waals surface area contributed by atoms with Crippen molar-refractivity contribution in [2.24, 2.45) is 0 Å². The van der Waals surface area contributed by atoms with E-state index in [0.29, 0.717) is 6.54 Å². The van der Waals surface area contributed by atoms with Crippen molar-refractivity contribution in [3.63, 3.8) is 0 Å². The number of hydrogen-bond acceptors (Lipinski definition) is 5. The molecule has 0 aliphatic carbocycles. The first kappa shape index (κ1) is 19.8. The van der Waals surface area contributed by atoms with Crippen LogP contribution in [0.4, 0.5) is 0 Å². The van der Waals surface area contributed by atoms with Crippen LogP contribution in [0.25, 0.3) is 21.9 Å². The van der Waals surface area contributed by atoms with Gasteiger partial charge in [0, 0.05) is 31.8 Å². The van der Waals surface area contributed by atoms with Crippen LogP contribution < -0.4 is 0 Å². The number of pyridine rings is 1. The van der Waals surface area contributed by atoms with E-state index in [9.17, 15) is 13.2 Å². The number of para-hydroxylation sites is 1. The van der Waals surface area contributed by atoms with E-state index in [4.69, 9.17) is 4.98 Å². The second-order valence-electron chi connectivity index (χ2n) is 7.69. The predicted octanol–water partition coefficient (Wildman–Crippen LogP) is 2.57. The molecule has 0 radical (unpaired) electrons. The maximum absolute atomic E-state index is 11.9. The lowest BCUT2D eigenvalue weighted by Gasteiger charge is -2.36. The fourth-order valence-electron chi connectivity index (χ4n) is 4.19. The summed E-state index contributed by atoms with van der Waals surface area (Å²) < 4.78 is 25.2. The Labute approximate surface area is 170 Å². The van der Waals surface area contributed by atoms with Gasteiger partial charge in [-0.25, -0.2) is 13.4 Å². The number of aromatic nitrogens is 3. The molecule has 7 nitrogen and oxygen atoms in total. The summed E-state index contributed by atoms with van der Waals surface area (Å²) >= 11 is 0. The van der Waals surface area contributed by atoms with Crippen molar-refractivity contribution < 1.29 is 13.2 Å². The number of rotatable bonds is 7. The van der Waals surface area contributed by atoms with Crippen LogP contribution >= 0.6 is 0 Å². The summed E-state index contributed by atoms with van der Waals surface area (Å²) in [5.41, 5.74) is 2.98. The summed E-state index contributed by atoms with van der Waals surface area (Å²) in [5.74, 6) is 1.17. The third kappa shape index (κ3) is 3.85. The molecular weight excluding hydrogens is 388 g/mol. The Morgan fingerprint density at radius 1 is 1.21 bits per heavy atom. The number of carbonyl (C=O) groups excluding carboxylic acids is 1. The van der Waals surface area contributed by atoms with Gasteiger partial charge in [-0.1, -0.05) is 25.1 Å². The first-order valence-electron chi connectivity index (χ1n) is 10.1. The summed E-state index contributed by atoms with van der Waals surface area (Å²) in [6, 6.07) is 7.93. The highest BCUT2D eigenvalue weighted by Crippen LogP contribution is 2.25. The van der Waals surface area contributed by atoms with E-state index in [0.717, 1.165) is 53.6 Å². The third-order valence-electron chi connectivity index (χ3n) is 5.64. The normalized spacial score (nSPS) is 16.2. The molecule has 3 heterocycles. The van der Waals surface area contributed by atoms with Crippen molar-refractivity contribution in [3.05, 3.63) is 36.3 Å². The lowest BCUT2D eigenvalue weighted by atomic mass is 10.2. The number of fused-ring (bicyclic) bond motifs is 3. The van der Waals surface area contributed by atoms with Gasteiger partial charge in [-0.15, -0.1) is 0 Å². The maximum Gasteiger partial charge on any atom is 0.219 e. The van der Waals surface area contributed by atoms with Crippen molar-refractivity contribution in [1.82, 2.24) is 19.4 Å². The summed E-state index contributed by atoms with van der Waals surface area (Å²) in [6.07, 6.45) is 4.38. The third-order valence-corrected chi connectivity index (χ3v) is 7.43. The molecule has 0 bridgehead atoms. The van der Waals surface area contributed by atoms with Gasteiger partial charge in [0.1, 0.15) is 11.3 Å². The summed E-state index contributed by atoms with van der Waals surface area (Å²) in [5, 5.41) is 1.10. The molecule has 0 N–H and O–H groups in total. The lowest BCUT2D eigenvalue weighted by molar-refractivity contribution is -0.130. The number of nitrogens with zero attached hydrogens (tertiary/aromatic N) is 4. The topological polar surface area (TPSA) is 85.2 Å². The zero-order valence-electron chi connectivity index (χ0n) is 16.8. The van der Waals surface area contributed by atoms with Gasteiger partial charge in [-0.3, -0.25) is 9.78 Å². The smallest absolute Gasteiger partial charge is 0.219 e. The number of amides is 1. The summed E-state index contributed by atoms with van der Waals surface area (Å²) in [4.78, 5) is 22.9. The Balaban J connectivity index is 1.49. The van der Waals surface area contributed by atoms with Crippen LogP contribution in [0.5, 0.6) is 0 Å². The molecule has 8 heteroatoms. The highest BCUT2D eigenvalue weighted by molar-refractivity contribution is 7.92. The second-order valence-corrected chi connectivity index (χ2v) is 9.85. The van der Waals surface area contributed by atoms with Gasteiger partial charge < -0.3 is 9.47 Å². The van der Waals surface area contributed by atoms with Gasteiger partial charge in [-0.05, 0) is 18.9 Å². The minimum atomic E-state index is -2.94. The van der Waals surface area contributed by atoms with E-state index in [1.807, 2.05) is 24.4 Å². The average Bonchev–Trinajstić information content (AvgIpc) is 3.04. The Hall–Kier alpha value is -2.48. The highest BCUT2D eigenvalue weighted by Gasteiger charge is 2.38. The van der Waals surface area contributed by atoms with Gasteiger partial charge in [0.25, 0.3) is 0 Å². The molecule has 1 amide bonds. The first-order valence-corrected chi connectivity index (χ1v) is 11.9. The van der Waals surface area contributed by atoms with Gasteiger partial charge in [0.15, 0.2) is 9.84 Å². The molecule has 1 aromatic carbocycles. The number of benzene rings is 1. The number of hydrogen-bond donors (Lipinski definition) is 0. The number of unbranched alkanes of at least 4 members (excludes halogenated alkanes) is 1. The highest BCUT2D eigenvalue weighted by atomic mass is 32.2. The van der Waals surface area contributed by atoms with Gasteiger partial charge in [-0.2, -0.15) is 0 Å². The molecular formula is C21H26N4O3S. The molecule has 1 aliphatic heterocycles. The van der Waals surface area contributed by atoms with Crippen LogP contribution in [0.2, 0.25) is 0 Å².